The van der Waals surface area contributed by atoms with Crippen molar-refractivity contribution >= 4 is 17.3 Å². The zero-order valence-electron chi connectivity index (χ0n) is 13.8. The van der Waals surface area contributed by atoms with Gasteiger partial charge in [-0.3, -0.25) is 14.8 Å². The van der Waals surface area contributed by atoms with Gasteiger partial charge in [-0.2, -0.15) is 0 Å². The highest BCUT2D eigenvalue weighted by Crippen LogP contribution is 2.18. The van der Waals surface area contributed by atoms with Gasteiger partial charge in [-0.15, -0.1) is 0 Å². The van der Waals surface area contributed by atoms with Crippen LogP contribution in [-0.2, 0) is 6.54 Å². The predicted octanol–water partition coefficient (Wildman–Crippen LogP) is 3.35. The van der Waals surface area contributed by atoms with E-state index < -0.39 is 0 Å². The average Bonchev–Trinajstić information content (AvgIpc) is 2.67. The van der Waals surface area contributed by atoms with Crippen LogP contribution >= 0.6 is 0 Å². The number of carbonyl (C=O) groups excluding carboxylic acids is 1. The van der Waals surface area contributed by atoms with E-state index in [4.69, 9.17) is 4.74 Å². The summed E-state index contributed by atoms with van der Waals surface area (Å²) in [6.45, 7) is 0.559. The van der Waals surface area contributed by atoms with Crippen molar-refractivity contribution in [2.45, 2.75) is 6.54 Å². The van der Waals surface area contributed by atoms with Gasteiger partial charge in [0.2, 0.25) is 0 Å². The van der Waals surface area contributed by atoms with Crippen LogP contribution in [0.4, 0.5) is 11.4 Å². The second kappa shape index (κ2) is 7.92. The fourth-order valence-electron chi connectivity index (χ4n) is 2.26. The Morgan fingerprint density at radius 2 is 2.00 bits per heavy atom. The molecule has 25 heavy (non-hydrogen) atoms. The van der Waals surface area contributed by atoms with E-state index >= 15 is 0 Å². The molecule has 126 valence electrons. The molecule has 0 spiro atoms. The first-order valence-corrected chi connectivity index (χ1v) is 7.79. The van der Waals surface area contributed by atoms with Crippen LogP contribution in [0.2, 0.25) is 0 Å². The molecule has 0 radical (unpaired) electrons. The molecule has 1 aromatic carbocycles. The number of benzene rings is 1. The summed E-state index contributed by atoms with van der Waals surface area (Å²) in [5.41, 5.74) is 2.79. The van der Waals surface area contributed by atoms with Gasteiger partial charge in [0, 0.05) is 30.3 Å². The highest BCUT2D eigenvalue weighted by molar-refractivity contribution is 6.04. The molecule has 6 heteroatoms. The normalized spacial score (nSPS) is 10.1. The Balaban J connectivity index is 1.66. The molecule has 2 heterocycles. The van der Waals surface area contributed by atoms with Gasteiger partial charge in [-0.25, -0.2) is 0 Å². The molecule has 0 saturated carbocycles. The van der Waals surface area contributed by atoms with E-state index in [1.807, 2.05) is 30.3 Å². The number of aromatic nitrogens is 2. The smallest absolute Gasteiger partial charge is 0.257 e. The molecule has 0 saturated heterocycles. The first-order chi connectivity index (χ1) is 12.2. The minimum atomic E-state index is -0.234. The van der Waals surface area contributed by atoms with Crippen molar-refractivity contribution in [3.05, 3.63) is 78.4 Å². The summed E-state index contributed by atoms with van der Waals surface area (Å²) in [7, 11) is 1.58. The number of rotatable bonds is 6. The molecule has 0 unspecified atom stereocenters. The first kappa shape index (κ1) is 16.4. The van der Waals surface area contributed by atoms with Gasteiger partial charge in [0.1, 0.15) is 5.75 Å². The predicted molar refractivity (Wildman–Crippen MR) is 96.7 cm³/mol. The number of pyridine rings is 2. The van der Waals surface area contributed by atoms with Crippen molar-refractivity contribution < 1.29 is 9.53 Å². The highest BCUT2D eigenvalue weighted by Gasteiger charge is 2.08. The second-order valence-electron chi connectivity index (χ2n) is 5.32. The lowest BCUT2D eigenvalue weighted by Gasteiger charge is -2.09. The van der Waals surface area contributed by atoms with Gasteiger partial charge in [0.15, 0.2) is 0 Å². The average molecular weight is 334 g/mol. The Kier molecular flexibility index (Phi) is 5.21. The third-order valence-electron chi connectivity index (χ3n) is 3.53. The molecule has 0 aliphatic heterocycles. The van der Waals surface area contributed by atoms with Crippen molar-refractivity contribution in [2.24, 2.45) is 0 Å². The molecule has 3 aromatic rings. The molecular weight excluding hydrogens is 316 g/mol. The quantitative estimate of drug-likeness (QED) is 0.723. The minimum Gasteiger partial charge on any atom is -0.497 e. The van der Waals surface area contributed by atoms with Crippen LogP contribution in [0.3, 0.4) is 0 Å². The number of methoxy groups -OCH3 is 1. The first-order valence-electron chi connectivity index (χ1n) is 7.79. The molecule has 3 rings (SSSR count). The summed E-state index contributed by atoms with van der Waals surface area (Å²) in [4.78, 5) is 20.8. The molecule has 0 fully saturated rings. The lowest BCUT2D eigenvalue weighted by atomic mass is 10.2. The monoisotopic (exact) mass is 334 g/mol. The molecule has 0 aliphatic carbocycles. The number of amides is 1. The van der Waals surface area contributed by atoms with Gasteiger partial charge in [0.05, 0.1) is 30.6 Å². The standard InChI is InChI=1S/C19H18N4O2/c1-25-18-7-4-6-15(10-18)23-19(24)14-9-17(12-20-11-14)22-13-16-5-2-3-8-21-16/h2-12,22H,13H2,1H3,(H,23,24). The zero-order valence-corrected chi connectivity index (χ0v) is 13.8. The van der Waals surface area contributed by atoms with E-state index in [-0.39, 0.29) is 5.91 Å². The number of hydrogen-bond acceptors (Lipinski definition) is 5. The molecule has 0 bridgehead atoms. The van der Waals surface area contributed by atoms with Crippen molar-refractivity contribution in [2.75, 3.05) is 17.7 Å². The van der Waals surface area contributed by atoms with E-state index in [0.717, 1.165) is 11.4 Å². The van der Waals surface area contributed by atoms with Gasteiger partial charge in [-0.1, -0.05) is 12.1 Å². The maximum absolute atomic E-state index is 12.4. The van der Waals surface area contributed by atoms with E-state index in [9.17, 15) is 4.79 Å². The molecule has 1 amide bonds. The molecule has 6 nitrogen and oxygen atoms in total. The summed E-state index contributed by atoms with van der Waals surface area (Å²) >= 11 is 0. The number of nitrogens with one attached hydrogen (secondary N) is 2. The summed E-state index contributed by atoms with van der Waals surface area (Å²) in [6, 6.07) is 14.7. The number of carbonyl (C=O) groups is 1. The number of hydrogen-bond donors (Lipinski definition) is 2. The van der Waals surface area contributed by atoms with Crippen LogP contribution in [0, 0.1) is 0 Å². The van der Waals surface area contributed by atoms with Crippen molar-refractivity contribution in [1.29, 1.82) is 0 Å². The Morgan fingerprint density at radius 3 is 2.80 bits per heavy atom. The third-order valence-corrected chi connectivity index (χ3v) is 3.53. The van der Waals surface area contributed by atoms with Crippen LogP contribution in [-0.4, -0.2) is 23.0 Å². The number of nitrogens with zero attached hydrogens (tertiary/aromatic N) is 2. The lowest BCUT2D eigenvalue weighted by Crippen LogP contribution is -2.13. The van der Waals surface area contributed by atoms with Crippen LogP contribution in [0.15, 0.2) is 67.1 Å². The molecule has 0 atom stereocenters. The number of ether oxygens (including phenoxy) is 1. The summed E-state index contributed by atoms with van der Waals surface area (Å²) < 4.78 is 5.16. The summed E-state index contributed by atoms with van der Waals surface area (Å²) in [5.74, 6) is 0.448. The highest BCUT2D eigenvalue weighted by atomic mass is 16.5. The largest absolute Gasteiger partial charge is 0.497 e. The van der Waals surface area contributed by atoms with Crippen LogP contribution in [0.25, 0.3) is 0 Å². The Bertz CT molecular complexity index is 853. The van der Waals surface area contributed by atoms with Gasteiger partial charge < -0.3 is 15.4 Å². The van der Waals surface area contributed by atoms with Gasteiger partial charge in [-0.05, 0) is 30.3 Å². The van der Waals surface area contributed by atoms with Crippen LogP contribution in [0.1, 0.15) is 16.1 Å². The summed E-state index contributed by atoms with van der Waals surface area (Å²) in [5, 5.41) is 6.05. The second-order valence-corrected chi connectivity index (χ2v) is 5.32. The van der Waals surface area contributed by atoms with Crippen molar-refractivity contribution in [3.63, 3.8) is 0 Å². The van der Waals surface area contributed by atoms with E-state index in [1.165, 1.54) is 6.20 Å². The van der Waals surface area contributed by atoms with Gasteiger partial charge >= 0.3 is 0 Å². The van der Waals surface area contributed by atoms with E-state index in [2.05, 4.69) is 20.6 Å². The Hall–Kier alpha value is -3.41. The SMILES string of the molecule is COc1cccc(NC(=O)c2cncc(NCc3ccccn3)c2)c1. The van der Waals surface area contributed by atoms with Crippen LogP contribution in [0.5, 0.6) is 5.75 Å². The maximum Gasteiger partial charge on any atom is 0.257 e. The minimum absolute atomic E-state index is 0.234. The fourth-order valence-corrected chi connectivity index (χ4v) is 2.26. The van der Waals surface area contributed by atoms with E-state index in [1.54, 1.807) is 37.7 Å². The van der Waals surface area contributed by atoms with Crippen molar-refractivity contribution in [3.8, 4) is 5.75 Å². The fraction of sp³-hybridized carbons (Fsp3) is 0.105. The third kappa shape index (κ3) is 4.54. The van der Waals surface area contributed by atoms with Gasteiger partial charge in [0.25, 0.3) is 5.91 Å². The molecule has 2 N–H and O–H groups in total. The van der Waals surface area contributed by atoms with Crippen LogP contribution < -0.4 is 15.4 Å². The van der Waals surface area contributed by atoms with Crippen molar-refractivity contribution in [1.82, 2.24) is 9.97 Å². The topological polar surface area (TPSA) is 76.1 Å². The molecular formula is C19H18N4O2. The summed E-state index contributed by atoms with van der Waals surface area (Å²) in [6.07, 6.45) is 4.94. The molecule has 2 aromatic heterocycles. The number of anilines is 2. The Labute approximate surface area is 145 Å². The Morgan fingerprint density at radius 1 is 1.08 bits per heavy atom. The zero-order chi connectivity index (χ0) is 17.5. The van der Waals surface area contributed by atoms with E-state index in [0.29, 0.717) is 23.5 Å². The maximum atomic E-state index is 12.4. The molecule has 0 aliphatic rings. The lowest BCUT2D eigenvalue weighted by molar-refractivity contribution is 0.102.